The number of rotatable bonds is 5. The smallest absolute Gasteiger partial charge is 0.271 e. The van der Waals surface area contributed by atoms with Gasteiger partial charge in [0, 0.05) is 17.2 Å². The zero-order valence-electron chi connectivity index (χ0n) is 14.2. The first kappa shape index (κ1) is 16.6. The number of methoxy groups -OCH3 is 2. The second kappa shape index (κ2) is 7.12. The molecule has 0 saturated heterocycles. The van der Waals surface area contributed by atoms with Gasteiger partial charge in [-0.3, -0.25) is 4.79 Å². The number of amides is 1. The fraction of sp³-hybridized carbons (Fsp3) is 0.222. The Morgan fingerprint density at radius 3 is 2.36 bits per heavy atom. The van der Waals surface area contributed by atoms with Crippen molar-refractivity contribution in [1.29, 1.82) is 0 Å². The van der Waals surface area contributed by atoms with Crippen molar-refractivity contribution in [3.8, 4) is 23.0 Å². The first-order chi connectivity index (χ1) is 12.1. The lowest BCUT2D eigenvalue weighted by Crippen LogP contribution is -2.19. The SMILES string of the molecule is COc1cc(OC)cc(C(=O)N/N=C(/C)c2ccc3c(c2)OCO3)c1. The molecule has 7 heteroatoms. The van der Waals surface area contributed by atoms with Gasteiger partial charge in [-0.25, -0.2) is 5.43 Å². The molecule has 0 saturated carbocycles. The summed E-state index contributed by atoms with van der Waals surface area (Å²) in [6, 6.07) is 10.4. The third-order valence-electron chi connectivity index (χ3n) is 3.73. The summed E-state index contributed by atoms with van der Waals surface area (Å²) in [6.45, 7) is 2.01. The molecule has 0 bridgehead atoms. The van der Waals surface area contributed by atoms with Crippen LogP contribution in [0.3, 0.4) is 0 Å². The number of ether oxygens (including phenoxy) is 4. The number of hydrazone groups is 1. The molecule has 130 valence electrons. The van der Waals surface area contributed by atoms with Crippen LogP contribution in [0.25, 0.3) is 0 Å². The van der Waals surface area contributed by atoms with Gasteiger partial charge in [0.05, 0.1) is 19.9 Å². The van der Waals surface area contributed by atoms with Gasteiger partial charge in [0.15, 0.2) is 11.5 Å². The average molecular weight is 342 g/mol. The molecule has 1 N–H and O–H groups in total. The van der Waals surface area contributed by atoms with Crippen LogP contribution >= 0.6 is 0 Å². The number of nitrogens with zero attached hydrogens (tertiary/aromatic N) is 1. The van der Waals surface area contributed by atoms with Crippen molar-refractivity contribution in [2.24, 2.45) is 5.10 Å². The van der Waals surface area contributed by atoms with Gasteiger partial charge in [-0.1, -0.05) is 0 Å². The molecule has 1 aliphatic rings. The zero-order chi connectivity index (χ0) is 17.8. The fourth-order valence-electron chi connectivity index (χ4n) is 2.32. The van der Waals surface area contributed by atoms with E-state index in [2.05, 4.69) is 10.5 Å². The Balaban J connectivity index is 1.75. The third-order valence-corrected chi connectivity index (χ3v) is 3.73. The second-order valence-electron chi connectivity index (χ2n) is 5.31. The quantitative estimate of drug-likeness (QED) is 0.667. The molecule has 7 nitrogen and oxygen atoms in total. The van der Waals surface area contributed by atoms with Gasteiger partial charge < -0.3 is 18.9 Å². The lowest BCUT2D eigenvalue weighted by Gasteiger charge is -2.08. The Morgan fingerprint density at radius 2 is 1.68 bits per heavy atom. The van der Waals surface area contributed by atoms with Crippen LogP contribution in [-0.4, -0.2) is 32.6 Å². The molecule has 1 heterocycles. The Hall–Kier alpha value is -3.22. The van der Waals surface area contributed by atoms with Crippen molar-refractivity contribution in [2.75, 3.05) is 21.0 Å². The summed E-state index contributed by atoms with van der Waals surface area (Å²) in [6.07, 6.45) is 0. The molecule has 0 radical (unpaired) electrons. The topological polar surface area (TPSA) is 78.4 Å². The van der Waals surface area contributed by atoms with E-state index in [0.717, 1.165) is 5.56 Å². The highest BCUT2D eigenvalue weighted by molar-refractivity contribution is 6.01. The lowest BCUT2D eigenvalue weighted by atomic mass is 10.1. The van der Waals surface area contributed by atoms with Gasteiger partial charge in [0.25, 0.3) is 5.91 Å². The maximum Gasteiger partial charge on any atom is 0.271 e. The van der Waals surface area contributed by atoms with E-state index in [1.165, 1.54) is 14.2 Å². The van der Waals surface area contributed by atoms with E-state index in [-0.39, 0.29) is 12.7 Å². The molecule has 2 aromatic carbocycles. The van der Waals surface area contributed by atoms with Crippen LogP contribution in [0.1, 0.15) is 22.8 Å². The standard InChI is InChI=1S/C18H18N2O5/c1-11(12-4-5-16-17(8-12)25-10-24-16)19-20-18(21)13-6-14(22-2)9-15(7-13)23-3/h4-9H,10H2,1-3H3,(H,20,21)/b19-11-. The number of nitrogens with one attached hydrogen (secondary N) is 1. The van der Waals surface area contributed by atoms with Crippen molar-refractivity contribution in [3.63, 3.8) is 0 Å². The minimum atomic E-state index is -0.364. The van der Waals surface area contributed by atoms with Crippen LogP contribution in [0.2, 0.25) is 0 Å². The van der Waals surface area contributed by atoms with Gasteiger partial charge in [-0.15, -0.1) is 0 Å². The van der Waals surface area contributed by atoms with Crippen LogP contribution in [0.5, 0.6) is 23.0 Å². The predicted octanol–water partition coefficient (Wildman–Crippen LogP) is 2.59. The van der Waals surface area contributed by atoms with Crippen LogP contribution in [0.15, 0.2) is 41.5 Å². The minimum absolute atomic E-state index is 0.212. The number of carbonyl (C=O) groups is 1. The van der Waals surface area contributed by atoms with Crippen molar-refractivity contribution in [1.82, 2.24) is 5.43 Å². The van der Waals surface area contributed by atoms with Crippen molar-refractivity contribution < 1.29 is 23.7 Å². The maximum atomic E-state index is 12.3. The van der Waals surface area contributed by atoms with Crippen LogP contribution in [0, 0.1) is 0 Å². The normalized spacial score (nSPS) is 12.7. The Kier molecular flexibility index (Phi) is 4.74. The molecule has 0 unspecified atom stereocenters. The summed E-state index contributed by atoms with van der Waals surface area (Å²) in [5.41, 5.74) is 4.39. The van der Waals surface area contributed by atoms with Crippen LogP contribution in [0.4, 0.5) is 0 Å². The zero-order valence-corrected chi connectivity index (χ0v) is 14.2. The summed E-state index contributed by atoms with van der Waals surface area (Å²) in [5, 5.41) is 4.15. The second-order valence-corrected chi connectivity index (χ2v) is 5.31. The van der Waals surface area contributed by atoms with Gasteiger partial charge in [0.2, 0.25) is 6.79 Å². The first-order valence-corrected chi connectivity index (χ1v) is 7.58. The average Bonchev–Trinajstić information content (AvgIpc) is 3.12. The molecule has 0 aromatic heterocycles. The molecule has 1 amide bonds. The predicted molar refractivity (Wildman–Crippen MR) is 91.8 cm³/mol. The molecule has 0 spiro atoms. The van der Waals surface area contributed by atoms with Crippen molar-refractivity contribution >= 4 is 11.6 Å². The van der Waals surface area contributed by atoms with Gasteiger partial charge >= 0.3 is 0 Å². The molecule has 25 heavy (non-hydrogen) atoms. The molecular weight excluding hydrogens is 324 g/mol. The van der Waals surface area contributed by atoms with Gasteiger partial charge in [-0.2, -0.15) is 5.10 Å². The molecule has 3 rings (SSSR count). The maximum absolute atomic E-state index is 12.3. The van der Waals surface area contributed by atoms with E-state index < -0.39 is 0 Å². The van der Waals surface area contributed by atoms with Crippen molar-refractivity contribution in [2.45, 2.75) is 6.92 Å². The Morgan fingerprint density at radius 1 is 1.00 bits per heavy atom. The number of benzene rings is 2. The summed E-state index contributed by atoms with van der Waals surface area (Å²) < 4.78 is 20.9. The highest BCUT2D eigenvalue weighted by Gasteiger charge is 2.14. The molecular formula is C18H18N2O5. The highest BCUT2D eigenvalue weighted by atomic mass is 16.7. The summed E-state index contributed by atoms with van der Waals surface area (Å²) >= 11 is 0. The highest BCUT2D eigenvalue weighted by Crippen LogP contribution is 2.32. The number of carbonyl (C=O) groups excluding carboxylic acids is 1. The summed E-state index contributed by atoms with van der Waals surface area (Å²) in [7, 11) is 3.05. The monoisotopic (exact) mass is 342 g/mol. The lowest BCUT2D eigenvalue weighted by molar-refractivity contribution is 0.0954. The van der Waals surface area contributed by atoms with Crippen LogP contribution in [-0.2, 0) is 0 Å². The summed E-state index contributed by atoms with van der Waals surface area (Å²) in [5.74, 6) is 2.05. The Bertz CT molecular complexity index is 810. The van der Waals surface area contributed by atoms with E-state index in [1.807, 2.05) is 18.2 Å². The van der Waals surface area contributed by atoms with E-state index >= 15 is 0 Å². The molecule has 0 fully saturated rings. The van der Waals surface area contributed by atoms with E-state index in [4.69, 9.17) is 18.9 Å². The van der Waals surface area contributed by atoms with E-state index in [1.54, 1.807) is 25.1 Å². The fourth-order valence-corrected chi connectivity index (χ4v) is 2.32. The van der Waals surface area contributed by atoms with E-state index in [9.17, 15) is 4.79 Å². The largest absolute Gasteiger partial charge is 0.497 e. The number of hydrogen-bond acceptors (Lipinski definition) is 6. The number of fused-ring (bicyclic) bond motifs is 1. The molecule has 0 aliphatic carbocycles. The number of hydrogen-bond donors (Lipinski definition) is 1. The van der Waals surface area contributed by atoms with E-state index in [0.29, 0.717) is 34.3 Å². The first-order valence-electron chi connectivity index (χ1n) is 7.58. The van der Waals surface area contributed by atoms with Gasteiger partial charge in [-0.05, 0) is 37.3 Å². The minimum Gasteiger partial charge on any atom is -0.497 e. The van der Waals surface area contributed by atoms with Crippen LogP contribution < -0.4 is 24.4 Å². The third kappa shape index (κ3) is 3.65. The molecule has 2 aromatic rings. The summed E-state index contributed by atoms with van der Waals surface area (Å²) in [4.78, 5) is 12.3. The molecule has 0 atom stereocenters. The molecule has 1 aliphatic heterocycles. The van der Waals surface area contributed by atoms with Crippen molar-refractivity contribution in [3.05, 3.63) is 47.5 Å². The van der Waals surface area contributed by atoms with Gasteiger partial charge in [0.1, 0.15) is 11.5 Å². The Labute approximate surface area is 145 Å².